The minimum Gasteiger partial charge on any atom is -0.494 e. The molecule has 3 heteroatoms. The van der Waals surface area contributed by atoms with Gasteiger partial charge in [0.25, 0.3) is 0 Å². The summed E-state index contributed by atoms with van der Waals surface area (Å²) in [4.78, 5) is 0. The van der Waals surface area contributed by atoms with E-state index in [1.54, 1.807) is 0 Å². The van der Waals surface area contributed by atoms with Gasteiger partial charge in [-0.25, -0.2) is 0 Å². The predicted octanol–water partition coefficient (Wildman–Crippen LogP) is 2.88. The van der Waals surface area contributed by atoms with Crippen molar-refractivity contribution in [3.63, 3.8) is 0 Å². The van der Waals surface area contributed by atoms with Crippen molar-refractivity contribution in [2.75, 3.05) is 6.61 Å². The summed E-state index contributed by atoms with van der Waals surface area (Å²) in [6.45, 7) is 0.690. The Hall–Kier alpha value is -1.06. The molecule has 2 N–H and O–H groups in total. The second-order valence-electron chi connectivity index (χ2n) is 6.39. The van der Waals surface area contributed by atoms with E-state index in [2.05, 4.69) is 5.32 Å². The van der Waals surface area contributed by atoms with Gasteiger partial charge in [-0.1, -0.05) is 24.6 Å². The van der Waals surface area contributed by atoms with Gasteiger partial charge in [-0.2, -0.15) is 0 Å². The summed E-state index contributed by atoms with van der Waals surface area (Å²) in [6.07, 6.45) is 7.36. The van der Waals surface area contributed by atoms with E-state index in [0.29, 0.717) is 18.7 Å². The lowest BCUT2D eigenvalue weighted by atomic mass is 9.75. The molecule has 2 atom stereocenters. The van der Waals surface area contributed by atoms with Crippen LogP contribution in [0.2, 0.25) is 0 Å². The highest BCUT2D eigenvalue weighted by Gasteiger charge is 2.39. The molecule has 0 aliphatic carbocycles. The Kier molecular flexibility index (Phi) is 4.27. The lowest BCUT2D eigenvalue weighted by molar-refractivity contribution is -0.0402. The van der Waals surface area contributed by atoms with Crippen LogP contribution in [0.5, 0.6) is 5.75 Å². The molecular weight excluding hydrogens is 250 g/mol. The Morgan fingerprint density at radius 1 is 1.15 bits per heavy atom. The van der Waals surface area contributed by atoms with Crippen molar-refractivity contribution in [3.8, 4) is 5.75 Å². The Labute approximate surface area is 121 Å². The van der Waals surface area contributed by atoms with Crippen LogP contribution in [0.25, 0.3) is 0 Å². The number of rotatable bonds is 5. The third-order valence-corrected chi connectivity index (χ3v) is 4.63. The highest BCUT2D eigenvalue weighted by atomic mass is 16.5. The maximum Gasteiger partial charge on any atom is 0.119 e. The Morgan fingerprint density at radius 2 is 1.85 bits per heavy atom. The number of fused-ring (bicyclic) bond motifs is 2. The van der Waals surface area contributed by atoms with E-state index in [0.717, 1.165) is 31.4 Å². The van der Waals surface area contributed by atoms with Crippen LogP contribution in [0, 0.1) is 0 Å². The molecule has 2 unspecified atom stereocenters. The minimum atomic E-state index is -0.471. The number of aliphatic hydroxyl groups is 1. The van der Waals surface area contributed by atoms with Crippen LogP contribution in [-0.4, -0.2) is 29.4 Å². The zero-order valence-electron chi connectivity index (χ0n) is 12.1. The molecule has 0 amide bonds. The van der Waals surface area contributed by atoms with Crippen LogP contribution < -0.4 is 10.1 Å². The Balaban J connectivity index is 1.43. The maximum atomic E-state index is 10.8. The molecular formula is C17H25NO2. The fraction of sp³-hybridized carbons (Fsp3) is 0.647. The van der Waals surface area contributed by atoms with Gasteiger partial charge in [-0.15, -0.1) is 0 Å². The van der Waals surface area contributed by atoms with Gasteiger partial charge in [0.05, 0.1) is 12.2 Å². The van der Waals surface area contributed by atoms with E-state index < -0.39 is 5.60 Å². The summed E-state index contributed by atoms with van der Waals surface area (Å²) >= 11 is 0. The molecule has 1 aromatic rings. The normalized spacial score (nSPS) is 32.9. The average molecular weight is 275 g/mol. The van der Waals surface area contributed by atoms with Crippen LogP contribution in [0.4, 0.5) is 0 Å². The summed E-state index contributed by atoms with van der Waals surface area (Å²) in [5.41, 5.74) is -0.471. The quantitative estimate of drug-likeness (QED) is 0.812. The molecule has 2 saturated heterocycles. The molecule has 20 heavy (non-hydrogen) atoms. The highest BCUT2D eigenvalue weighted by Crippen LogP contribution is 2.35. The van der Waals surface area contributed by atoms with E-state index in [9.17, 15) is 5.11 Å². The summed E-state index contributed by atoms with van der Waals surface area (Å²) in [7, 11) is 0. The van der Waals surface area contributed by atoms with E-state index >= 15 is 0 Å². The smallest absolute Gasteiger partial charge is 0.119 e. The van der Waals surface area contributed by atoms with E-state index in [1.165, 1.54) is 19.3 Å². The molecule has 3 rings (SSSR count). The zero-order chi connectivity index (χ0) is 13.8. The largest absolute Gasteiger partial charge is 0.494 e. The van der Waals surface area contributed by atoms with Crippen molar-refractivity contribution in [1.82, 2.24) is 5.32 Å². The van der Waals surface area contributed by atoms with Crippen LogP contribution >= 0.6 is 0 Å². The molecule has 0 spiro atoms. The van der Waals surface area contributed by atoms with Crippen molar-refractivity contribution < 1.29 is 9.84 Å². The lowest BCUT2D eigenvalue weighted by Crippen LogP contribution is -2.55. The van der Waals surface area contributed by atoms with Crippen LogP contribution in [0.1, 0.15) is 44.9 Å². The van der Waals surface area contributed by atoms with E-state index in [1.807, 2.05) is 30.3 Å². The SMILES string of the molecule is OC1(CCCOc2ccccc2)CC2CCCC(C1)N2. The molecule has 110 valence electrons. The standard InChI is InChI=1S/C17H25NO2/c19-17(12-14-6-4-7-15(13-17)18-14)10-5-11-20-16-8-2-1-3-9-16/h1-3,8-9,14-15,18-19H,4-7,10-13H2. The second kappa shape index (κ2) is 6.15. The number of hydrogen-bond acceptors (Lipinski definition) is 3. The third-order valence-electron chi connectivity index (χ3n) is 4.63. The average Bonchev–Trinajstić information content (AvgIpc) is 2.44. The van der Waals surface area contributed by atoms with Crippen LogP contribution in [0.3, 0.4) is 0 Å². The van der Waals surface area contributed by atoms with Gasteiger partial charge >= 0.3 is 0 Å². The topological polar surface area (TPSA) is 41.5 Å². The first-order chi connectivity index (χ1) is 9.73. The van der Waals surface area contributed by atoms with E-state index in [-0.39, 0.29) is 0 Å². The molecule has 1 aromatic carbocycles. The fourth-order valence-electron chi connectivity index (χ4n) is 3.75. The highest BCUT2D eigenvalue weighted by molar-refractivity contribution is 5.20. The van der Waals surface area contributed by atoms with Gasteiger partial charge < -0.3 is 15.2 Å². The maximum absolute atomic E-state index is 10.8. The number of hydrogen-bond donors (Lipinski definition) is 2. The number of benzene rings is 1. The zero-order valence-corrected chi connectivity index (χ0v) is 12.1. The van der Waals surface area contributed by atoms with Gasteiger partial charge in [0, 0.05) is 12.1 Å². The van der Waals surface area contributed by atoms with Gasteiger partial charge in [-0.05, 0) is 50.7 Å². The first kappa shape index (κ1) is 13.9. The van der Waals surface area contributed by atoms with E-state index in [4.69, 9.17) is 4.74 Å². The van der Waals surface area contributed by atoms with Crippen molar-refractivity contribution in [3.05, 3.63) is 30.3 Å². The molecule has 2 aliphatic heterocycles. The fourth-order valence-corrected chi connectivity index (χ4v) is 3.75. The molecule has 2 heterocycles. The number of ether oxygens (including phenoxy) is 1. The third kappa shape index (κ3) is 3.53. The molecule has 0 aromatic heterocycles. The van der Waals surface area contributed by atoms with Crippen LogP contribution in [-0.2, 0) is 0 Å². The van der Waals surface area contributed by atoms with Gasteiger partial charge in [0.1, 0.15) is 5.75 Å². The molecule has 2 fully saturated rings. The number of piperidine rings is 2. The number of nitrogens with one attached hydrogen (secondary N) is 1. The first-order valence-corrected chi connectivity index (χ1v) is 7.90. The van der Waals surface area contributed by atoms with Crippen molar-refractivity contribution in [1.29, 1.82) is 0 Å². The van der Waals surface area contributed by atoms with Crippen molar-refractivity contribution in [2.45, 2.75) is 62.6 Å². The monoisotopic (exact) mass is 275 g/mol. The Bertz CT molecular complexity index is 408. The summed E-state index contributed by atoms with van der Waals surface area (Å²) in [5.74, 6) is 0.918. The molecule has 0 saturated carbocycles. The summed E-state index contributed by atoms with van der Waals surface area (Å²) < 4.78 is 5.71. The Morgan fingerprint density at radius 3 is 2.55 bits per heavy atom. The van der Waals surface area contributed by atoms with Crippen molar-refractivity contribution in [2.24, 2.45) is 0 Å². The second-order valence-corrected chi connectivity index (χ2v) is 6.39. The summed E-state index contributed by atoms with van der Waals surface area (Å²) in [5, 5.41) is 14.4. The molecule has 2 aliphatic rings. The molecule has 2 bridgehead atoms. The van der Waals surface area contributed by atoms with Crippen LogP contribution in [0.15, 0.2) is 30.3 Å². The van der Waals surface area contributed by atoms with Gasteiger partial charge in [0.2, 0.25) is 0 Å². The van der Waals surface area contributed by atoms with Crippen molar-refractivity contribution >= 4 is 0 Å². The first-order valence-electron chi connectivity index (χ1n) is 7.90. The number of para-hydroxylation sites is 1. The van der Waals surface area contributed by atoms with Gasteiger partial charge in [0.15, 0.2) is 0 Å². The lowest BCUT2D eigenvalue weighted by Gasteiger charge is -2.45. The van der Waals surface area contributed by atoms with Gasteiger partial charge in [-0.3, -0.25) is 0 Å². The summed E-state index contributed by atoms with van der Waals surface area (Å²) in [6, 6.07) is 11.0. The minimum absolute atomic E-state index is 0.471. The molecule has 0 radical (unpaired) electrons. The molecule has 3 nitrogen and oxygen atoms in total. The predicted molar refractivity (Wildman–Crippen MR) is 79.9 cm³/mol.